The third-order valence-electron chi connectivity index (χ3n) is 2.61. The van der Waals surface area contributed by atoms with Gasteiger partial charge in [-0.2, -0.15) is 0 Å². The summed E-state index contributed by atoms with van der Waals surface area (Å²) in [6, 6.07) is 5.14. The molecule has 0 aliphatic carbocycles. The second kappa shape index (κ2) is 7.00. The molecule has 1 N–H and O–H groups in total. The molecule has 108 valence electrons. The van der Waals surface area contributed by atoms with Gasteiger partial charge in [-0.25, -0.2) is 8.78 Å². The zero-order chi connectivity index (χ0) is 14.4. The molecule has 0 radical (unpaired) electrons. The molecule has 0 fully saturated rings. The van der Waals surface area contributed by atoms with Crippen molar-refractivity contribution in [2.45, 2.75) is 26.5 Å². The quantitative estimate of drug-likeness (QED) is 0.793. The number of aromatic nitrogens is 1. The van der Waals surface area contributed by atoms with E-state index in [1.165, 1.54) is 6.07 Å². The third kappa shape index (κ3) is 4.03. The normalized spacial score (nSPS) is 10.8. The van der Waals surface area contributed by atoms with E-state index in [4.69, 9.17) is 9.26 Å². The van der Waals surface area contributed by atoms with Crippen molar-refractivity contribution >= 4 is 0 Å². The zero-order valence-electron chi connectivity index (χ0n) is 11.2. The molecule has 0 saturated carbocycles. The first-order valence-corrected chi connectivity index (χ1v) is 6.42. The molecule has 0 amide bonds. The summed E-state index contributed by atoms with van der Waals surface area (Å²) in [5.74, 6) is -1.07. The lowest BCUT2D eigenvalue weighted by Gasteiger charge is -2.03. The van der Waals surface area contributed by atoms with E-state index in [1.807, 2.05) is 0 Å². The first kappa shape index (κ1) is 14.5. The van der Waals surface area contributed by atoms with Gasteiger partial charge in [0.05, 0.1) is 5.69 Å². The first-order chi connectivity index (χ1) is 9.69. The number of rotatable bonds is 7. The molecule has 1 heterocycles. The van der Waals surface area contributed by atoms with Crippen LogP contribution in [0.25, 0.3) is 0 Å². The Labute approximate surface area is 115 Å². The number of hydrogen-bond acceptors (Lipinski definition) is 4. The molecule has 1 aromatic heterocycles. The lowest BCUT2D eigenvalue weighted by Crippen LogP contribution is -2.13. The molecule has 0 bridgehead atoms. The van der Waals surface area contributed by atoms with Gasteiger partial charge in [0.2, 0.25) is 0 Å². The van der Waals surface area contributed by atoms with Gasteiger partial charge in [0, 0.05) is 18.7 Å². The first-order valence-electron chi connectivity index (χ1n) is 6.42. The average molecular weight is 282 g/mol. The maximum absolute atomic E-state index is 13.0. The fourth-order valence-electron chi connectivity index (χ4n) is 1.62. The molecule has 6 heteroatoms. The van der Waals surface area contributed by atoms with Gasteiger partial charge < -0.3 is 14.6 Å². The zero-order valence-corrected chi connectivity index (χ0v) is 11.2. The van der Waals surface area contributed by atoms with Crippen molar-refractivity contribution in [3.63, 3.8) is 0 Å². The smallest absolute Gasteiger partial charge is 0.174 e. The SMILES string of the molecule is CCCNCc1cc(COc2ccc(F)c(F)c2)on1. The van der Waals surface area contributed by atoms with Gasteiger partial charge in [0.25, 0.3) is 0 Å². The predicted octanol–water partition coefficient (Wildman–Crippen LogP) is 3.03. The van der Waals surface area contributed by atoms with Crippen LogP contribution in [0.2, 0.25) is 0 Å². The van der Waals surface area contributed by atoms with Crippen molar-refractivity contribution in [1.82, 2.24) is 10.5 Å². The molecular formula is C14H16F2N2O2. The van der Waals surface area contributed by atoms with E-state index in [2.05, 4.69) is 17.4 Å². The highest BCUT2D eigenvalue weighted by molar-refractivity contribution is 5.23. The highest BCUT2D eigenvalue weighted by Gasteiger charge is 2.07. The van der Waals surface area contributed by atoms with Crippen LogP contribution in [-0.4, -0.2) is 11.7 Å². The summed E-state index contributed by atoms with van der Waals surface area (Å²) in [4.78, 5) is 0. The predicted molar refractivity (Wildman–Crippen MR) is 69.2 cm³/mol. The molecule has 0 aliphatic heterocycles. The summed E-state index contributed by atoms with van der Waals surface area (Å²) in [6.45, 7) is 3.73. The molecule has 1 aromatic carbocycles. The highest BCUT2D eigenvalue weighted by Crippen LogP contribution is 2.17. The van der Waals surface area contributed by atoms with Crippen LogP contribution in [0.4, 0.5) is 8.78 Å². The Bertz CT molecular complexity index is 558. The van der Waals surface area contributed by atoms with Gasteiger partial charge in [0.15, 0.2) is 17.4 Å². The molecule has 0 spiro atoms. The Kier molecular flexibility index (Phi) is 5.06. The van der Waals surface area contributed by atoms with Crippen LogP contribution in [0.1, 0.15) is 24.8 Å². The van der Waals surface area contributed by atoms with E-state index in [0.29, 0.717) is 12.3 Å². The van der Waals surface area contributed by atoms with Gasteiger partial charge in [-0.05, 0) is 25.1 Å². The molecule has 4 nitrogen and oxygen atoms in total. The molecule has 2 aromatic rings. The van der Waals surface area contributed by atoms with E-state index < -0.39 is 11.6 Å². The van der Waals surface area contributed by atoms with Gasteiger partial charge in [-0.15, -0.1) is 0 Å². The number of hydrogen-bond donors (Lipinski definition) is 1. The minimum atomic E-state index is -0.940. The summed E-state index contributed by atoms with van der Waals surface area (Å²) in [7, 11) is 0. The maximum atomic E-state index is 13.0. The van der Waals surface area contributed by atoms with Crippen LogP contribution < -0.4 is 10.1 Å². The molecule has 20 heavy (non-hydrogen) atoms. The van der Waals surface area contributed by atoms with Gasteiger partial charge >= 0.3 is 0 Å². The maximum Gasteiger partial charge on any atom is 0.174 e. The number of ether oxygens (including phenoxy) is 1. The Morgan fingerprint density at radius 2 is 2.10 bits per heavy atom. The Morgan fingerprint density at radius 3 is 2.85 bits per heavy atom. The number of halogens is 2. The van der Waals surface area contributed by atoms with Crippen molar-refractivity contribution in [3.8, 4) is 5.75 Å². The number of nitrogens with zero attached hydrogens (tertiary/aromatic N) is 1. The summed E-state index contributed by atoms with van der Waals surface area (Å²) >= 11 is 0. The van der Waals surface area contributed by atoms with Crippen LogP contribution in [0.5, 0.6) is 5.75 Å². The molecule has 0 aliphatic rings. The van der Waals surface area contributed by atoms with Crippen molar-refractivity contribution in [2.24, 2.45) is 0 Å². The molecule has 0 atom stereocenters. The second-order valence-electron chi connectivity index (χ2n) is 4.33. The summed E-state index contributed by atoms with van der Waals surface area (Å²) in [6.07, 6.45) is 1.05. The highest BCUT2D eigenvalue weighted by atomic mass is 19.2. The van der Waals surface area contributed by atoms with Crippen LogP contribution in [0, 0.1) is 11.6 Å². The topological polar surface area (TPSA) is 47.3 Å². The summed E-state index contributed by atoms with van der Waals surface area (Å²) in [5, 5.41) is 7.08. The van der Waals surface area contributed by atoms with E-state index in [0.717, 1.165) is 30.8 Å². The monoisotopic (exact) mass is 282 g/mol. The van der Waals surface area contributed by atoms with Crippen molar-refractivity contribution in [3.05, 3.63) is 47.4 Å². The van der Waals surface area contributed by atoms with Crippen LogP contribution in [0.15, 0.2) is 28.8 Å². The van der Waals surface area contributed by atoms with E-state index in [-0.39, 0.29) is 12.4 Å². The largest absolute Gasteiger partial charge is 0.485 e. The van der Waals surface area contributed by atoms with Crippen molar-refractivity contribution < 1.29 is 18.0 Å². The lowest BCUT2D eigenvalue weighted by molar-refractivity contribution is 0.247. The van der Waals surface area contributed by atoms with E-state index in [1.54, 1.807) is 6.07 Å². The molecule has 2 rings (SSSR count). The van der Waals surface area contributed by atoms with Gasteiger partial charge in [-0.3, -0.25) is 0 Å². The fourth-order valence-corrected chi connectivity index (χ4v) is 1.62. The van der Waals surface area contributed by atoms with Crippen LogP contribution in [0.3, 0.4) is 0 Å². The molecule has 0 saturated heterocycles. The third-order valence-corrected chi connectivity index (χ3v) is 2.61. The number of nitrogens with one attached hydrogen (secondary N) is 1. The van der Waals surface area contributed by atoms with Crippen LogP contribution in [-0.2, 0) is 13.2 Å². The lowest BCUT2D eigenvalue weighted by atomic mass is 10.3. The van der Waals surface area contributed by atoms with E-state index in [9.17, 15) is 8.78 Å². The second-order valence-corrected chi connectivity index (χ2v) is 4.33. The average Bonchev–Trinajstić information content (AvgIpc) is 2.88. The van der Waals surface area contributed by atoms with Crippen LogP contribution >= 0.6 is 0 Å². The molecule has 0 unspecified atom stereocenters. The molecular weight excluding hydrogens is 266 g/mol. The summed E-state index contributed by atoms with van der Waals surface area (Å²) in [5.41, 5.74) is 0.780. The minimum absolute atomic E-state index is 0.117. The number of benzene rings is 1. The Balaban J connectivity index is 1.85. The van der Waals surface area contributed by atoms with Gasteiger partial charge in [0.1, 0.15) is 12.4 Å². The van der Waals surface area contributed by atoms with Crippen molar-refractivity contribution in [2.75, 3.05) is 6.54 Å². The van der Waals surface area contributed by atoms with Crippen molar-refractivity contribution in [1.29, 1.82) is 0 Å². The van der Waals surface area contributed by atoms with Gasteiger partial charge in [-0.1, -0.05) is 12.1 Å². The fraction of sp³-hybridized carbons (Fsp3) is 0.357. The van der Waals surface area contributed by atoms with E-state index >= 15 is 0 Å². The standard InChI is InChI=1S/C14H16F2N2O2/c1-2-5-17-8-10-6-12(20-18-10)9-19-11-3-4-13(15)14(16)7-11/h3-4,6-7,17H,2,5,8-9H2,1H3. The Hall–Kier alpha value is -1.95. The minimum Gasteiger partial charge on any atom is -0.485 e. The summed E-state index contributed by atoms with van der Waals surface area (Å²) < 4.78 is 36.1. The Morgan fingerprint density at radius 1 is 1.25 bits per heavy atom.